The molecular formula is C20H18N4O3S. The van der Waals surface area contributed by atoms with Gasteiger partial charge in [-0.2, -0.15) is 0 Å². The molecule has 2 amide bonds. The Morgan fingerprint density at radius 1 is 1.04 bits per heavy atom. The van der Waals surface area contributed by atoms with Gasteiger partial charge in [0.25, 0.3) is 5.91 Å². The van der Waals surface area contributed by atoms with E-state index in [2.05, 4.69) is 9.97 Å². The van der Waals surface area contributed by atoms with Crippen LogP contribution in [0.4, 0.5) is 0 Å². The fraction of sp³-hybridized carbons (Fsp3) is 0.200. The second kappa shape index (κ2) is 7.77. The Morgan fingerprint density at radius 2 is 1.79 bits per heavy atom. The molecule has 1 saturated heterocycles. The second-order valence-electron chi connectivity index (χ2n) is 6.41. The summed E-state index contributed by atoms with van der Waals surface area (Å²) < 4.78 is 1.09. The highest BCUT2D eigenvalue weighted by Crippen LogP contribution is 2.22. The summed E-state index contributed by atoms with van der Waals surface area (Å²) in [7, 11) is 0. The van der Waals surface area contributed by atoms with E-state index in [9.17, 15) is 14.4 Å². The van der Waals surface area contributed by atoms with Gasteiger partial charge in [-0.15, -0.1) is 11.3 Å². The standard InChI is InChI=1S/C20H18N4O3S/c25-17-6-5-14(13-21-17)20(27)24-11-9-23(10-12-24)19(26)8-7-18-22-15-3-1-2-4-16(15)28-18/h1-8,13H,9-12H2,(H,21,25). The van der Waals surface area contributed by atoms with Crippen LogP contribution < -0.4 is 5.56 Å². The lowest BCUT2D eigenvalue weighted by Crippen LogP contribution is -2.50. The number of thiazole rings is 1. The number of para-hydroxylation sites is 1. The summed E-state index contributed by atoms with van der Waals surface area (Å²) >= 11 is 1.54. The number of aromatic amines is 1. The molecular weight excluding hydrogens is 376 g/mol. The van der Waals surface area contributed by atoms with Gasteiger partial charge in [-0.3, -0.25) is 14.4 Å². The summed E-state index contributed by atoms with van der Waals surface area (Å²) in [5, 5.41) is 0.793. The number of aromatic nitrogens is 2. The molecule has 0 bridgehead atoms. The number of fused-ring (bicyclic) bond motifs is 1. The zero-order valence-electron chi connectivity index (χ0n) is 15.0. The van der Waals surface area contributed by atoms with E-state index in [4.69, 9.17) is 0 Å². The van der Waals surface area contributed by atoms with Crippen molar-refractivity contribution in [2.24, 2.45) is 0 Å². The third-order valence-electron chi connectivity index (χ3n) is 4.59. The van der Waals surface area contributed by atoms with Gasteiger partial charge >= 0.3 is 0 Å². The first-order valence-corrected chi connectivity index (χ1v) is 9.72. The Bertz CT molecular complexity index is 1060. The van der Waals surface area contributed by atoms with Crippen LogP contribution in [0.3, 0.4) is 0 Å². The van der Waals surface area contributed by atoms with Crippen molar-refractivity contribution in [3.63, 3.8) is 0 Å². The van der Waals surface area contributed by atoms with E-state index in [0.717, 1.165) is 15.2 Å². The zero-order chi connectivity index (χ0) is 19.5. The van der Waals surface area contributed by atoms with E-state index < -0.39 is 0 Å². The van der Waals surface area contributed by atoms with Crippen molar-refractivity contribution < 1.29 is 9.59 Å². The fourth-order valence-electron chi connectivity index (χ4n) is 3.07. The molecule has 8 heteroatoms. The number of nitrogens with zero attached hydrogens (tertiary/aromatic N) is 3. The lowest BCUT2D eigenvalue weighted by atomic mass is 10.2. The summed E-state index contributed by atoms with van der Waals surface area (Å²) in [4.78, 5) is 46.4. The summed E-state index contributed by atoms with van der Waals surface area (Å²) in [6, 6.07) is 10.7. The maximum absolute atomic E-state index is 12.5. The molecule has 0 radical (unpaired) electrons. The largest absolute Gasteiger partial charge is 0.336 e. The molecule has 0 saturated carbocycles. The highest BCUT2D eigenvalue weighted by molar-refractivity contribution is 7.19. The van der Waals surface area contributed by atoms with Crippen molar-refractivity contribution in [1.82, 2.24) is 19.8 Å². The van der Waals surface area contributed by atoms with Crippen molar-refractivity contribution in [1.29, 1.82) is 0 Å². The monoisotopic (exact) mass is 394 g/mol. The van der Waals surface area contributed by atoms with Crippen molar-refractivity contribution in [2.75, 3.05) is 26.2 Å². The van der Waals surface area contributed by atoms with Gasteiger partial charge in [0.05, 0.1) is 15.8 Å². The van der Waals surface area contributed by atoms with Crippen molar-refractivity contribution in [3.8, 4) is 0 Å². The average Bonchev–Trinajstić information content (AvgIpc) is 3.15. The van der Waals surface area contributed by atoms with Gasteiger partial charge in [-0.05, 0) is 24.3 Å². The summed E-state index contributed by atoms with van der Waals surface area (Å²) in [5.74, 6) is -0.233. The van der Waals surface area contributed by atoms with E-state index in [1.165, 1.54) is 24.4 Å². The predicted molar refractivity (Wildman–Crippen MR) is 108 cm³/mol. The smallest absolute Gasteiger partial charge is 0.255 e. The number of H-pyrrole nitrogens is 1. The van der Waals surface area contributed by atoms with E-state index >= 15 is 0 Å². The van der Waals surface area contributed by atoms with Crippen LogP contribution in [0, 0.1) is 0 Å². The number of nitrogens with one attached hydrogen (secondary N) is 1. The highest BCUT2D eigenvalue weighted by atomic mass is 32.1. The van der Waals surface area contributed by atoms with Gasteiger partial charge in [-0.1, -0.05) is 12.1 Å². The van der Waals surface area contributed by atoms with E-state index in [1.807, 2.05) is 24.3 Å². The minimum absolute atomic E-state index is 0.0876. The number of pyridine rings is 1. The number of hydrogen-bond donors (Lipinski definition) is 1. The van der Waals surface area contributed by atoms with Crippen molar-refractivity contribution >= 4 is 39.4 Å². The average molecular weight is 394 g/mol. The Morgan fingerprint density at radius 3 is 2.50 bits per heavy atom. The van der Waals surface area contributed by atoms with E-state index in [0.29, 0.717) is 31.7 Å². The second-order valence-corrected chi connectivity index (χ2v) is 7.47. The number of rotatable bonds is 3. The first-order chi connectivity index (χ1) is 13.6. The van der Waals surface area contributed by atoms with Crippen molar-refractivity contribution in [2.45, 2.75) is 0 Å². The number of hydrogen-bond acceptors (Lipinski definition) is 5. The van der Waals surface area contributed by atoms with Crippen LogP contribution in [0.25, 0.3) is 16.3 Å². The van der Waals surface area contributed by atoms with Crippen LogP contribution in [0.15, 0.2) is 53.5 Å². The molecule has 0 atom stereocenters. The third-order valence-corrected chi connectivity index (χ3v) is 5.59. The number of benzene rings is 1. The summed E-state index contributed by atoms with van der Waals surface area (Å²) in [6.07, 6.45) is 4.70. The lowest BCUT2D eigenvalue weighted by molar-refractivity contribution is -0.127. The van der Waals surface area contributed by atoms with Crippen LogP contribution in [-0.4, -0.2) is 57.8 Å². The number of carbonyl (C=O) groups excluding carboxylic acids is 2. The normalized spacial score (nSPS) is 14.7. The van der Waals surface area contributed by atoms with Crippen LogP contribution in [0.5, 0.6) is 0 Å². The van der Waals surface area contributed by atoms with E-state index in [-0.39, 0.29) is 17.4 Å². The van der Waals surface area contributed by atoms with Gasteiger partial charge < -0.3 is 14.8 Å². The quantitative estimate of drug-likeness (QED) is 0.689. The van der Waals surface area contributed by atoms with Gasteiger partial charge in [0.1, 0.15) is 5.01 Å². The number of piperazine rings is 1. The molecule has 3 heterocycles. The molecule has 4 rings (SSSR count). The molecule has 0 unspecified atom stereocenters. The van der Waals surface area contributed by atoms with Crippen LogP contribution >= 0.6 is 11.3 Å². The lowest BCUT2D eigenvalue weighted by Gasteiger charge is -2.34. The zero-order valence-corrected chi connectivity index (χ0v) is 15.8. The third kappa shape index (κ3) is 3.86. The molecule has 142 valence electrons. The van der Waals surface area contributed by atoms with E-state index in [1.54, 1.807) is 27.2 Å². The van der Waals surface area contributed by atoms with Crippen LogP contribution in [-0.2, 0) is 4.79 Å². The molecule has 1 aliphatic rings. The van der Waals surface area contributed by atoms with Crippen LogP contribution in [0.2, 0.25) is 0 Å². The maximum atomic E-state index is 12.5. The molecule has 28 heavy (non-hydrogen) atoms. The first kappa shape index (κ1) is 18.1. The highest BCUT2D eigenvalue weighted by Gasteiger charge is 2.24. The molecule has 1 fully saturated rings. The Hall–Kier alpha value is -3.26. The first-order valence-electron chi connectivity index (χ1n) is 8.91. The topological polar surface area (TPSA) is 86.4 Å². The Labute approximate surface area is 164 Å². The number of carbonyl (C=O) groups is 2. The Kier molecular flexibility index (Phi) is 5.03. The van der Waals surface area contributed by atoms with Gasteiger partial charge in [0.15, 0.2) is 0 Å². The fourth-order valence-corrected chi connectivity index (χ4v) is 3.94. The SMILES string of the molecule is O=C(C=Cc1nc2ccccc2s1)N1CCN(C(=O)c2ccc(=O)[nH]c2)CC1. The number of amides is 2. The van der Waals surface area contributed by atoms with Gasteiger partial charge in [0, 0.05) is 44.5 Å². The summed E-state index contributed by atoms with van der Waals surface area (Å²) in [5.41, 5.74) is 1.12. The maximum Gasteiger partial charge on any atom is 0.255 e. The predicted octanol–water partition coefficient (Wildman–Crippen LogP) is 1.98. The summed E-state index contributed by atoms with van der Waals surface area (Å²) in [6.45, 7) is 1.85. The minimum Gasteiger partial charge on any atom is -0.336 e. The molecule has 1 aromatic carbocycles. The molecule has 1 N–H and O–H groups in total. The molecule has 0 aliphatic carbocycles. The van der Waals surface area contributed by atoms with Gasteiger partial charge in [0.2, 0.25) is 11.5 Å². The molecule has 3 aromatic rings. The van der Waals surface area contributed by atoms with Crippen molar-refractivity contribution in [3.05, 3.63) is 69.6 Å². The molecule has 7 nitrogen and oxygen atoms in total. The minimum atomic E-state index is -0.244. The molecule has 1 aliphatic heterocycles. The molecule has 2 aromatic heterocycles. The molecule has 0 spiro atoms. The Balaban J connectivity index is 1.35. The van der Waals surface area contributed by atoms with Gasteiger partial charge in [-0.25, -0.2) is 4.98 Å². The van der Waals surface area contributed by atoms with Crippen LogP contribution in [0.1, 0.15) is 15.4 Å².